The van der Waals surface area contributed by atoms with Crippen molar-refractivity contribution in [2.75, 3.05) is 13.2 Å². The molecule has 1 aliphatic heterocycles. The SMILES string of the molecule is N=C(N)c1ccccc1C1OCCO1. The molecule has 0 saturated carbocycles. The molecule has 0 spiro atoms. The van der Waals surface area contributed by atoms with Crippen molar-refractivity contribution in [3.05, 3.63) is 35.4 Å². The van der Waals surface area contributed by atoms with Crippen LogP contribution in [0.25, 0.3) is 0 Å². The first-order valence-corrected chi connectivity index (χ1v) is 4.45. The second kappa shape index (κ2) is 3.77. The number of nitrogen functional groups attached to an aromatic ring is 1. The van der Waals surface area contributed by atoms with E-state index < -0.39 is 0 Å². The fourth-order valence-corrected chi connectivity index (χ4v) is 1.49. The lowest BCUT2D eigenvalue weighted by Crippen LogP contribution is -2.15. The van der Waals surface area contributed by atoms with Crippen molar-refractivity contribution >= 4 is 5.84 Å². The molecule has 4 heteroatoms. The van der Waals surface area contributed by atoms with Crippen LogP contribution in [-0.4, -0.2) is 19.0 Å². The number of hydrogen-bond donors (Lipinski definition) is 2. The van der Waals surface area contributed by atoms with Gasteiger partial charge in [-0.2, -0.15) is 0 Å². The van der Waals surface area contributed by atoms with Crippen molar-refractivity contribution in [3.8, 4) is 0 Å². The van der Waals surface area contributed by atoms with Gasteiger partial charge < -0.3 is 15.2 Å². The maximum atomic E-state index is 7.41. The third-order valence-corrected chi connectivity index (χ3v) is 2.13. The Balaban J connectivity index is 2.35. The Bertz CT molecular complexity index is 346. The summed E-state index contributed by atoms with van der Waals surface area (Å²) in [6.45, 7) is 1.19. The Kier molecular flexibility index (Phi) is 2.47. The minimum atomic E-state index is -0.366. The zero-order valence-electron chi connectivity index (χ0n) is 7.69. The molecule has 0 amide bonds. The summed E-state index contributed by atoms with van der Waals surface area (Å²) in [5.41, 5.74) is 6.97. The van der Waals surface area contributed by atoms with E-state index in [2.05, 4.69) is 0 Å². The average molecular weight is 192 g/mol. The number of nitrogens with two attached hydrogens (primary N) is 1. The van der Waals surface area contributed by atoms with Gasteiger partial charge in [-0.15, -0.1) is 0 Å². The first kappa shape index (κ1) is 9.18. The van der Waals surface area contributed by atoms with Gasteiger partial charge in [-0.05, 0) is 0 Å². The molecule has 0 aliphatic carbocycles. The van der Waals surface area contributed by atoms with Crippen LogP contribution in [0.1, 0.15) is 17.4 Å². The molecule has 2 rings (SSSR count). The molecule has 0 bridgehead atoms. The van der Waals surface area contributed by atoms with Gasteiger partial charge in [0.05, 0.1) is 13.2 Å². The Morgan fingerprint density at radius 1 is 1.29 bits per heavy atom. The molecule has 1 aromatic rings. The summed E-state index contributed by atoms with van der Waals surface area (Å²) in [4.78, 5) is 0. The molecule has 0 radical (unpaired) electrons. The van der Waals surface area contributed by atoms with Crippen molar-refractivity contribution in [2.24, 2.45) is 5.73 Å². The molecule has 0 unspecified atom stereocenters. The number of hydrogen-bond acceptors (Lipinski definition) is 3. The number of benzene rings is 1. The molecular formula is C10H12N2O2. The van der Waals surface area contributed by atoms with Crippen molar-refractivity contribution in [3.63, 3.8) is 0 Å². The van der Waals surface area contributed by atoms with E-state index in [1.54, 1.807) is 6.07 Å². The Morgan fingerprint density at radius 3 is 2.57 bits per heavy atom. The Morgan fingerprint density at radius 2 is 1.93 bits per heavy atom. The summed E-state index contributed by atoms with van der Waals surface area (Å²) in [7, 11) is 0. The van der Waals surface area contributed by atoms with E-state index in [1.165, 1.54) is 0 Å². The van der Waals surface area contributed by atoms with Gasteiger partial charge in [-0.25, -0.2) is 0 Å². The van der Waals surface area contributed by atoms with Gasteiger partial charge in [0.1, 0.15) is 5.84 Å². The number of amidine groups is 1. The molecule has 4 nitrogen and oxygen atoms in total. The highest BCUT2D eigenvalue weighted by Crippen LogP contribution is 2.25. The number of rotatable bonds is 2. The summed E-state index contributed by atoms with van der Waals surface area (Å²) in [5, 5.41) is 7.41. The van der Waals surface area contributed by atoms with Crippen LogP contribution in [-0.2, 0) is 9.47 Å². The van der Waals surface area contributed by atoms with E-state index in [-0.39, 0.29) is 12.1 Å². The van der Waals surface area contributed by atoms with E-state index in [0.717, 1.165) is 5.56 Å². The highest BCUT2D eigenvalue weighted by molar-refractivity contribution is 5.96. The third-order valence-electron chi connectivity index (χ3n) is 2.13. The third kappa shape index (κ3) is 1.62. The summed E-state index contributed by atoms with van der Waals surface area (Å²) in [6, 6.07) is 7.39. The van der Waals surface area contributed by atoms with Crippen LogP contribution in [0, 0.1) is 5.41 Å². The number of ether oxygens (including phenoxy) is 2. The molecule has 1 heterocycles. The standard InChI is InChI=1S/C10H12N2O2/c11-9(12)7-3-1-2-4-8(7)10-13-5-6-14-10/h1-4,10H,5-6H2,(H3,11,12). The smallest absolute Gasteiger partial charge is 0.184 e. The predicted octanol–water partition coefficient (Wildman–Crippen LogP) is 1.02. The normalized spacial score (nSPS) is 17.1. The summed E-state index contributed by atoms with van der Waals surface area (Å²) < 4.78 is 10.7. The first-order chi connectivity index (χ1) is 6.79. The molecule has 1 aromatic carbocycles. The monoisotopic (exact) mass is 192 g/mol. The predicted molar refractivity (Wildman–Crippen MR) is 52.1 cm³/mol. The lowest BCUT2D eigenvalue weighted by Gasteiger charge is -2.13. The maximum absolute atomic E-state index is 7.41. The molecule has 3 N–H and O–H groups in total. The van der Waals surface area contributed by atoms with Crippen molar-refractivity contribution in [1.82, 2.24) is 0 Å². The fraction of sp³-hybridized carbons (Fsp3) is 0.300. The summed E-state index contributed by atoms with van der Waals surface area (Å²) >= 11 is 0. The second-order valence-electron chi connectivity index (χ2n) is 3.07. The van der Waals surface area contributed by atoms with E-state index in [1.807, 2.05) is 18.2 Å². The van der Waals surface area contributed by atoms with Gasteiger partial charge in [0.15, 0.2) is 6.29 Å². The molecule has 1 saturated heterocycles. The molecule has 1 aliphatic rings. The lowest BCUT2D eigenvalue weighted by atomic mass is 10.1. The molecule has 1 fully saturated rings. The Labute approximate surface area is 82.1 Å². The second-order valence-corrected chi connectivity index (χ2v) is 3.07. The van der Waals surface area contributed by atoms with E-state index in [4.69, 9.17) is 20.6 Å². The quantitative estimate of drug-likeness (QED) is 0.543. The van der Waals surface area contributed by atoms with Gasteiger partial charge in [0, 0.05) is 11.1 Å². The van der Waals surface area contributed by atoms with Gasteiger partial charge in [-0.1, -0.05) is 24.3 Å². The van der Waals surface area contributed by atoms with Gasteiger partial charge >= 0.3 is 0 Å². The minimum absolute atomic E-state index is 0.0414. The molecule has 14 heavy (non-hydrogen) atoms. The van der Waals surface area contributed by atoms with Crippen LogP contribution in [0.2, 0.25) is 0 Å². The summed E-state index contributed by atoms with van der Waals surface area (Å²) in [6.07, 6.45) is -0.366. The zero-order chi connectivity index (χ0) is 9.97. The zero-order valence-corrected chi connectivity index (χ0v) is 7.69. The first-order valence-electron chi connectivity index (χ1n) is 4.45. The van der Waals surface area contributed by atoms with Crippen molar-refractivity contribution in [2.45, 2.75) is 6.29 Å². The van der Waals surface area contributed by atoms with Crippen molar-refractivity contribution < 1.29 is 9.47 Å². The van der Waals surface area contributed by atoms with E-state index >= 15 is 0 Å². The topological polar surface area (TPSA) is 68.3 Å². The number of nitrogens with one attached hydrogen (secondary N) is 1. The molecule has 0 aromatic heterocycles. The maximum Gasteiger partial charge on any atom is 0.184 e. The fourth-order valence-electron chi connectivity index (χ4n) is 1.49. The Hall–Kier alpha value is -1.39. The minimum Gasteiger partial charge on any atom is -0.384 e. The van der Waals surface area contributed by atoms with Crippen LogP contribution in [0.5, 0.6) is 0 Å². The van der Waals surface area contributed by atoms with Crippen LogP contribution in [0.15, 0.2) is 24.3 Å². The van der Waals surface area contributed by atoms with Crippen LogP contribution >= 0.6 is 0 Å². The lowest BCUT2D eigenvalue weighted by molar-refractivity contribution is -0.0442. The van der Waals surface area contributed by atoms with Gasteiger partial charge in [0.25, 0.3) is 0 Å². The average Bonchev–Trinajstić information content (AvgIpc) is 2.70. The molecule has 0 atom stereocenters. The van der Waals surface area contributed by atoms with Crippen LogP contribution < -0.4 is 5.73 Å². The summed E-state index contributed by atoms with van der Waals surface area (Å²) in [5.74, 6) is 0.0414. The van der Waals surface area contributed by atoms with E-state index in [9.17, 15) is 0 Å². The molecule has 74 valence electrons. The largest absolute Gasteiger partial charge is 0.384 e. The molecular weight excluding hydrogens is 180 g/mol. The van der Waals surface area contributed by atoms with E-state index in [0.29, 0.717) is 18.8 Å². The van der Waals surface area contributed by atoms with Gasteiger partial charge in [0.2, 0.25) is 0 Å². The van der Waals surface area contributed by atoms with Crippen LogP contribution in [0.3, 0.4) is 0 Å². The van der Waals surface area contributed by atoms with Gasteiger partial charge in [-0.3, -0.25) is 5.41 Å². The highest BCUT2D eigenvalue weighted by atomic mass is 16.7. The van der Waals surface area contributed by atoms with Crippen molar-refractivity contribution in [1.29, 1.82) is 5.41 Å². The highest BCUT2D eigenvalue weighted by Gasteiger charge is 2.21. The van der Waals surface area contributed by atoms with Crippen LogP contribution in [0.4, 0.5) is 0 Å².